The third-order valence-corrected chi connectivity index (χ3v) is 7.36. The molecule has 0 spiro atoms. The zero-order valence-electron chi connectivity index (χ0n) is 12.8. The van der Waals surface area contributed by atoms with E-state index < -0.39 is 8.56 Å². The van der Waals surface area contributed by atoms with Crippen molar-refractivity contribution in [3.63, 3.8) is 0 Å². The van der Waals surface area contributed by atoms with E-state index in [1.165, 1.54) is 0 Å². The van der Waals surface area contributed by atoms with Crippen LogP contribution in [0.25, 0.3) is 0 Å². The highest BCUT2D eigenvalue weighted by Crippen LogP contribution is 2.35. The van der Waals surface area contributed by atoms with Gasteiger partial charge in [-0.2, -0.15) is 0 Å². The smallest absolute Gasteiger partial charge is 0.371 e. The van der Waals surface area contributed by atoms with E-state index in [-0.39, 0.29) is 12.2 Å². The van der Waals surface area contributed by atoms with Crippen LogP contribution in [0.3, 0.4) is 0 Å². The van der Waals surface area contributed by atoms with Crippen LogP contribution in [0.2, 0.25) is 5.54 Å². The maximum Gasteiger partial charge on any atom is 0.371 e. The van der Waals surface area contributed by atoms with Crippen LogP contribution in [0.4, 0.5) is 0 Å². The quantitative estimate of drug-likeness (QED) is 0.629. The van der Waals surface area contributed by atoms with Gasteiger partial charge in [0.2, 0.25) is 0 Å². The predicted octanol–water partition coefficient (Wildman–Crippen LogP) is 4.44. The molecule has 0 saturated heterocycles. The lowest BCUT2D eigenvalue weighted by molar-refractivity contribution is 0.104. The van der Waals surface area contributed by atoms with Crippen molar-refractivity contribution in [2.24, 2.45) is 5.92 Å². The standard InChI is InChI=1S/C14H30O2Si/c1-10(2)14(9)17(13(7)8,15-11(3)4)16-12(5)6/h10-13H,9H2,1-8H3. The zero-order valence-corrected chi connectivity index (χ0v) is 13.8. The largest absolute Gasteiger partial charge is 0.388 e. The Labute approximate surface area is 109 Å². The molecule has 3 heteroatoms. The lowest BCUT2D eigenvalue weighted by Crippen LogP contribution is -2.51. The first-order valence-corrected chi connectivity index (χ1v) is 8.57. The Kier molecular flexibility index (Phi) is 6.67. The first-order chi connectivity index (χ1) is 7.63. The number of hydrogen-bond acceptors (Lipinski definition) is 2. The maximum atomic E-state index is 6.25. The molecular formula is C14H30O2Si. The van der Waals surface area contributed by atoms with E-state index in [2.05, 4.69) is 62.0 Å². The first kappa shape index (κ1) is 16.9. The molecule has 0 bridgehead atoms. The summed E-state index contributed by atoms with van der Waals surface area (Å²) in [5.74, 6) is 0.404. The molecule has 102 valence electrons. The Hall–Kier alpha value is -0.123. The molecule has 0 aromatic carbocycles. The van der Waals surface area contributed by atoms with E-state index in [1.807, 2.05) is 0 Å². The van der Waals surface area contributed by atoms with Gasteiger partial charge in [0.15, 0.2) is 0 Å². The monoisotopic (exact) mass is 258 g/mol. The van der Waals surface area contributed by atoms with Crippen LogP contribution in [0.1, 0.15) is 55.4 Å². The van der Waals surface area contributed by atoms with Crippen molar-refractivity contribution in [1.82, 2.24) is 0 Å². The summed E-state index contributed by atoms with van der Waals surface area (Å²) in [7, 11) is -2.36. The van der Waals surface area contributed by atoms with Crippen LogP contribution in [0.5, 0.6) is 0 Å². The highest BCUT2D eigenvalue weighted by Gasteiger charge is 2.47. The minimum absolute atomic E-state index is 0.179. The Balaban J connectivity index is 5.31. The molecule has 0 aliphatic rings. The van der Waals surface area contributed by atoms with E-state index in [9.17, 15) is 0 Å². The lowest BCUT2D eigenvalue weighted by atomic mass is 10.2. The summed E-state index contributed by atoms with van der Waals surface area (Å²) in [6.07, 6.45) is 0.358. The van der Waals surface area contributed by atoms with Crippen molar-refractivity contribution in [1.29, 1.82) is 0 Å². The predicted molar refractivity (Wildman–Crippen MR) is 77.3 cm³/mol. The molecule has 0 heterocycles. The highest BCUT2D eigenvalue weighted by molar-refractivity contribution is 6.76. The average Bonchev–Trinajstić information content (AvgIpc) is 2.13. The summed E-state index contributed by atoms with van der Waals surface area (Å²) >= 11 is 0. The van der Waals surface area contributed by atoms with Crippen LogP contribution >= 0.6 is 0 Å². The molecule has 0 saturated carbocycles. The van der Waals surface area contributed by atoms with Gasteiger partial charge in [0.05, 0.1) is 0 Å². The lowest BCUT2D eigenvalue weighted by Gasteiger charge is -2.40. The molecule has 0 aromatic heterocycles. The van der Waals surface area contributed by atoms with Gasteiger partial charge in [-0.25, -0.2) is 0 Å². The van der Waals surface area contributed by atoms with E-state index in [4.69, 9.17) is 8.85 Å². The minimum Gasteiger partial charge on any atom is -0.388 e. The van der Waals surface area contributed by atoms with Crippen molar-refractivity contribution in [2.75, 3.05) is 0 Å². The van der Waals surface area contributed by atoms with Crippen molar-refractivity contribution in [3.8, 4) is 0 Å². The molecule has 0 amide bonds. The summed E-state index contributed by atoms with van der Waals surface area (Å²) < 4.78 is 12.5. The summed E-state index contributed by atoms with van der Waals surface area (Å²) in [5, 5.41) is 1.16. The average molecular weight is 258 g/mol. The molecule has 0 rings (SSSR count). The number of allylic oxidation sites excluding steroid dienone is 1. The Morgan fingerprint density at radius 1 is 0.824 bits per heavy atom. The van der Waals surface area contributed by atoms with Crippen LogP contribution < -0.4 is 0 Å². The molecule has 0 aliphatic heterocycles. The van der Waals surface area contributed by atoms with E-state index in [0.717, 1.165) is 5.20 Å². The molecule has 0 unspecified atom stereocenters. The van der Waals surface area contributed by atoms with Crippen molar-refractivity contribution < 1.29 is 8.85 Å². The summed E-state index contributed by atoms with van der Waals surface area (Å²) in [6, 6.07) is 0. The second-order valence-electron chi connectivity index (χ2n) is 5.84. The molecule has 0 aliphatic carbocycles. The van der Waals surface area contributed by atoms with Gasteiger partial charge in [0, 0.05) is 17.7 Å². The normalized spacial score (nSPS) is 13.2. The first-order valence-electron chi connectivity index (χ1n) is 6.68. The number of hydrogen-bond donors (Lipinski definition) is 0. The second kappa shape index (κ2) is 6.71. The fourth-order valence-corrected chi connectivity index (χ4v) is 5.77. The SMILES string of the molecule is C=C(C(C)C)[Si](OC(C)C)(OC(C)C)C(C)C. The van der Waals surface area contributed by atoms with Gasteiger partial charge in [-0.15, -0.1) is 0 Å². The van der Waals surface area contributed by atoms with Gasteiger partial charge in [0.1, 0.15) is 0 Å². The summed E-state index contributed by atoms with van der Waals surface area (Å²) in [4.78, 5) is 0. The molecule has 2 nitrogen and oxygen atoms in total. The van der Waals surface area contributed by atoms with E-state index in [0.29, 0.717) is 11.5 Å². The van der Waals surface area contributed by atoms with Crippen LogP contribution in [0, 0.1) is 5.92 Å². The van der Waals surface area contributed by atoms with Gasteiger partial charge < -0.3 is 8.85 Å². The van der Waals surface area contributed by atoms with Gasteiger partial charge >= 0.3 is 8.56 Å². The zero-order chi connectivity index (χ0) is 13.8. The van der Waals surface area contributed by atoms with Crippen LogP contribution in [0.15, 0.2) is 11.8 Å². The third kappa shape index (κ3) is 4.57. The molecule has 0 N–H and O–H groups in total. The molecule has 0 aromatic rings. The van der Waals surface area contributed by atoms with Crippen molar-refractivity contribution >= 4 is 8.56 Å². The van der Waals surface area contributed by atoms with Crippen LogP contribution in [-0.4, -0.2) is 20.8 Å². The fourth-order valence-electron chi connectivity index (χ4n) is 1.92. The summed E-state index contributed by atoms with van der Waals surface area (Å²) in [6.45, 7) is 21.3. The Morgan fingerprint density at radius 3 is 1.35 bits per heavy atom. The summed E-state index contributed by atoms with van der Waals surface area (Å²) in [5.41, 5.74) is 0.377. The molecular weight excluding hydrogens is 228 g/mol. The van der Waals surface area contributed by atoms with Gasteiger partial charge in [0.25, 0.3) is 0 Å². The fraction of sp³-hybridized carbons (Fsp3) is 0.857. The molecule has 0 atom stereocenters. The topological polar surface area (TPSA) is 18.5 Å². The highest BCUT2D eigenvalue weighted by atomic mass is 28.4. The minimum atomic E-state index is -2.36. The Morgan fingerprint density at radius 2 is 1.18 bits per heavy atom. The number of rotatable bonds is 7. The molecule has 0 fully saturated rings. The Bertz CT molecular complexity index is 235. The van der Waals surface area contributed by atoms with E-state index in [1.54, 1.807) is 0 Å². The van der Waals surface area contributed by atoms with Crippen molar-refractivity contribution in [3.05, 3.63) is 11.8 Å². The third-order valence-electron chi connectivity index (χ3n) is 2.73. The molecule has 17 heavy (non-hydrogen) atoms. The van der Waals surface area contributed by atoms with E-state index >= 15 is 0 Å². The van der Waals surface area contributed by atoms with Gasteiger partial charge in [-0.05, 0) is 38.8 Å². The van der Waals surface area contributed by atoms with Crippen molar-refractivity contribution in [2.45, 2.75) is 73.1 Å². The maximum absolute atomic E-state index is 6.25. The van der Waals surface area contributed by atoms with Gasteiger partial charge in [-0.3, -0.25) is 0 Å². The second-order valence-corrected chi connectivity index (χ2v) is 9.44. The van der Waals surface area contributed by atoms with Gasteiger partial charge in [-0.1, -0.05) is 34.3 Å². The van der Waals surface area contributed by atoms with Crippen LogP contribution in [-0.2, 0) is 8.85 Å². The molecule has 0 radical (unpaired) electrons.